The predicted octanol–water partition coefficient (Wildman–Crippen LogP) is 2.57. The molecule has 0 spiro atoms. The first-order valence-electron chi connectivity index (χ1n) is 6.15. The summed E-state index contributed by atoms with van der Waals surface area (Å²) in [5.74, 6) is 0.457. The van der Waals surface area contributed by atoms with Crippen LogP contribution in [0.1, 0.15) is 0 Å². The largest absolute Gasteiger partial charge is 0.467 e. The first-order valence-corrected chi connectivity index (χ1v) is 6.52. The van der Waals surface area contributed by atoms with Gasteiger partial charge in [0, 0.05) is 17.4 Å². The molecule has 0 unspecified atom stereocenters. The number of benzene rings is 1. The molecule has 7 heteroatoms. The molecule has 0 fully saturated rings. The topological polar surface area (TPSA) is 78.9 Å². The fraction of sp³-hybridized carbons (Fsp3) is 0.0714. The molecule has 0 aliphatic rings. The highest BCUT2D eigenvalue weighted by Gasteiger charge is 2.10. The summed E-state index contributed by atoms with van der Waals surface area (Å²) >= 11 is 6.11. The minimum absolute atomic E-state index is 0.232. The van der Waals surface area contributed by atoms with E-state index in [0.717, 1.165) is 11.1 Å². The summed E-state index contributed by atoms with van der Waals surface area (Å²) in [6.07, 6.45) is 5.02. The van der Waals surface area contributed by atoms with Gasteiger partial charge in [0.25, 0.3) is 0 Å². The number of rotatable bonds is 3. The van der Waals surface area contributed by atoms with Crippen molar-refractivity contribution in [3.8, 4) is 23.0 Å². The molecule has 3 aromatic rings. The van der Waals surface area contributed by atoms with Gasteiger partial charge in [-0.3, -0.25) is 0 Å². The third-order valence-electron chi connectivity index (χ3n) is 2.91. The standard InChI is InChI=1S/C14H12ClN5O/c1-21-14-17-7-12(15)13(19-14)20-8-10(6-18-20)9-3-2-4-11(16)5-9/h2-8H,16H2,1H3. The average Bonchev–Trinajstić information content (AvgIpc) is 2.97. The van der Waals surface area contributed by atoms with Crippen LogP contribution in [0.25, 0.3) is 16.9 Å². The number of anilines is 1. The van der Waals surface area contributed by atoms with Crippen molar-refractivity contribution < 1.29 is 4.74 Å². The maximum absolute atomic E-state index is 6.11. The van der Waals surface area contributed by atoms with Crippen LogP contribution in [-0.2, 0) is 0 Å². The van der Waals surface area contributed by atoms with Gasteiger partial charge >= 0.3 is 6.01 Å². The van der Waals surface area contributed by atoms with E-state index in [9.17, 15) is 0 Å². The maximum Gasteiger partial charge on any atom is 0.318 e. The first kappa shape index (κ1) is 13.4. The number of nitrogen functional groups attached to an aromatic ring is 1. The van der Waals surface area contributed by atoms with E-state index in [2.05, 4.69) is 15.1 Å². The molecule has 2 N–H and O–H groups in total. The number of methoxy groups -OCH3 is 1. The third kappa shape index (κ3) is 2.66. The summed E-state index contributed by atoms with van der Waals surface area (Å²) in [4.78, 5) is 8.13. The number of hydrogen-bond donors (Lipinski definition) is 1. The number of hydrogen-bond acceptors (Lipinski definition) is 5. The normalized spacial score (nSPS) is 10.6. The monoisotopic (exact) mass is 301 g/mol. The lowest BCUT2D eigenvalue weighted by atomic mass is 10.1. The second-order valence-electron chi connectivity index (χ2n) is 4.33. The molecular weight excluding hydrogens is 290 g/mol. The van der Waals surface area contributed by atoms with Gasteiger partial charge in [0.1, 0.15) is 5.02 Å². The number of nitrogens with two attached hydrogens (primary N) is 1. The van der Waals surface area contributed by atoms with Crippen LogP contribution in [0.3, 0.4) is 0 Å². The number of nitrogens with zero attached hydrogens (tertiary/aromatic N) is 4. The van der Waals surface area contributed by atoms with E-state index in [0.29, 0.717) is 16.5 Å². The molecule has 0 bridgehead atoms. The van der Waals surface area contributed by atoms with Crippen molar-refractivity contribution in [3.05, 3.63) is 47.9 Å². The molecule has 1 aromatic carbocycles. The van der Waals surface area contributed by atoms with Crippen LogP contribution in [0.2, 0.25) is 5.02 Å². The van der Waals surface area contributed by atoms with Gasteiger partial charge in [0.2, 0.25) is 0 Å². The van der Waals surface area contributed by atoms with Gasteiger partial charge in [0.15, 0.2) is 5.82 Å². The Kier molecular flexibility index (Phi) is 3.45. The van der Waals surface area contributed by atoms with E-state index in [-0.39, 0.29) is 6.01 Å². The Morgan fingerprint density at radius 1 is 1.24 bits per heavy atom. The predicted molar refractivity (Wildman–Crippen MR) is 80.6 cm³/mol. The van der Waals surface area contributed by atoms with Gasteiger partial charge in [0.05, 0.1) is 19.5 Å². The molecule has 0 aliphatic heterocycles. The molecule has 0 amide bonds. The van der Waals surface area contributed by atoms with Crippen molar-refractivity contribution in [1.82, 2.24) is 19.7 Å². The highest BCUT2D eigenvalue weighted by Crippen LogP contribution is 2.24. The lowest BCUT2D eigenvalue weighted by Crippen LogP contribution is -2.02. The van der Waals surface area contributed by atoms with Crippen molar-refractivity contribution >= 4 is 17.3 Å². The Hall–Kier alpha value is -2.60. The summed E-state index contributed by atoms with van der Waals surface area (Å²) < 4.78 is 6.57. The first-order chi connectivity index (χ1) is 10.2. The van der Waals surface area contributed by atoms with Crippen molar-refractivity contribution in [1.29, 1.82) is 0 Å². The van der Waals surface area contributed by atoms with Crippen LogP contribution >= 0.6 is 11.6 Å². The fourth-order valence-electron chi connectivity index (χ4n) is 1.91. The highest BCUT2D eigenvalue weighted by atomic mass is 35.5. The molecule has 2 heterocycles. The SMILES string of the molecule is COc1ncc(Cl)c(-n2cc(-c3cccc(N)c3)cn2)n1. The molecule has 2 aromatic heterocycles. The summed E-state index contributed by atoms with van der Waals surface area (Å²) in [5.41, 5.74) is 8.37. The molecule has 0 saturated heterocycles. The Morgan fingerprint density at radius 3 is 2.86 bits per heavy atom. The minimum Gasteiger partial charge on any atom is -0.467 e. The van der Waals surface area contributed by atoms with Crippen molar-refractivity contribution in [2.24, 2.45) is 0 Å². The zero-order chi connectivity index (χ0) is 14.8. The quantitative estimate of drug-likeness (QED) is 0.752. The van der Waals surface area contributed by atoms with Crippen LogP contribution < -0.4 is 10.5 Å². The Bertz CT molecular complexity index is 787. The van der Waals surface area contributed by atoms with Crippen molar-refractivity contribution in [2.45, 2.75) is 0 Å². The number of halogens is 1. The molecular formula is C14H12ClN5O. The second-order valence-corrected chi connectivity index (χ2v) is 4.73. The summed E-state index contributed by atoms with van der Waals surface area (Å²) in [6.45, 7) is 0. The van der Waals surface area contributed by atoms with E-state index < -0.39 is 0 Å². The summed E-state index contributed by atoms with van der Waals surface area (Å²) in [7, 11) is 1.49. The molecule has 3 rings (SSSR count). The average molecular weight is 302 g/mol. The van der Waals surface area contributed by atoms with E-state index >= 15 is 0 Å². The van der Waals surface area contributed by atoms with Gasteiger partial charge in [-0.15, -0.1) is 0 Å². The van der Waals surface area contributed by atoms with Gasteiger partial charge in [-0.1, -0.05) is 23.7 Å². The molecule has 0 radical (unpaired) electrons. The molecule has 0 saturated carbocycles. The Labute approximate surface area is 126 Å². The lowest BCUT2D eigenvalue weighted by Gasteiger charge is -2.04. The highest BCUT2D eigenvalue weighted by molar-refractivity contribution is 6.32. The van der Waals surface area contributed by atoms with Crippen LogP contribution in [0.15, 0.2) is 42.9 Å². The van der Waals surface area contributed by atoms with Crippen LogP contribution in [0.4, 0.5) is 5.69 Å². The second kappa shape index (κ2) is 5.41. The van der Waals surface area contributed by atoms with Crippen LogP contribution in [0, 0.1) is 0 Å². The lowest BCUT2D eigenvalue weighted by molar-refractivity contribution is 0.379. The Balaban J connectivity index is 2.02. The van der Waals surface area contributed by atoms with E-state index in [4.69, 9.17) is 22.1 Å². The van der Waals surface area contributed by atoms with Crippen LogP contribution in [0.5, 0.6) is 6.01 Å². The summed E-state index contributed by atoms with van der Waals surface area (Å²) in [5, 5.41) is 4.66. The number of ether oxygens (including phenoxy) is 1. The third-order valence-corrected chi connectivity index (χ3v) is 3.17. The molecule has 0 atom stereocenters. The molecule has 106 valence electrons. The van der Waals surface area contributed by atoms with Crippen LogP contribution in [-0.4, -0.2) is 26.9 Å². The van der Waals surface area contributed by atoms with E-state index in [1.54, 1.807) is 10.9 Å². The maximum atomic E-state index is 6.11. The Morgan fingerprint density at radius 2 is 2.10 bits per heavy atom. The fourth-order valence-corrected chi connectivity index (χ4v) is 2.09. The van der Waals surface area contributed by atoms with E-state index in [1.165, 1.54) is 13.3 Å². The van der Waals surface area contributed by atoms with Crippen molar-refractivity contribution in [3.63, 3.8) is 0 Å². The van der Waals surface area contributed by atoms with Gasteiger partial charge in [-0.05, 0) is 17.7 Å². The van der Waals surface area contributed by atoms with Gasteiger partial charge in [-0.25, -0.2) is 9.67 Å². The zero-order valence-electron chi connectivity index (χ0n) is 11.2. The zero-order valence-corrected chi connectivity index (χ0v) is 11.9. The molecule has 21 heavy (non-hydrogen) atoms. The minimum atomic E-state index is 0.232. The summed E-state index contributed by atoms with van der Waals surface area (Å²) in [6, 6.07) is 7.79. The smallest absolute Gasteiger partial charge is 0.318 e. The van der Waals surface area contributed by atoms with Crippen molar-refractivity contribution in [2.75, 3.05) is 12.8 Å². The molecule has 6 nitrogen and oxygen atoms in total. The molecule has 0 aliphatic carbocycles. The van der Waals surface area contributed by atoms with Gasteiger partial charge in [-0.2, -0.15) is 10.1 Å². The number of aromatic nitrogens is 4. The van der Waals surface area contributed by atoms with Gasteiger partial charge < -0.3 is 10.5 Å². The van der Waals surface area contributed by atoms with E-state index in [1.807, 2.05) is 30.5 Å².